The first kappa shape index (κ1) is 14.6. The topological polar surface area (TPSA) is 34.1 Å². The maximum atomic E-state index is 12.0. The third-order valence-corrected chi connectivity index (χ3v) is 7.07. The molecule has 0 radical (unpaired) electrons. The van der Waals surface area contributed by atoms with Crippen LogP contribution in [0, 0.1) is 23.7 Å². The Hall–Kier alpha value is -1.70. The van der Waals surface area contributed by atoms with Gasteiger partial charge in [0.05, 0.1) is 0 Å². The predicted octanol–water partition coefficient (Wildman–Crippen LogP) is 4.48. The Morgan fingerprint density at radius 1 is 0.708 bits per heavy atom. The summed E-state index contributed by atoms with van der Waals surface area (Å²) >= 11 is 0. The number of hydrogen-bond acceptors (Lipinski definition) is 2. The van der Waals surface area contributed by atoms with Gasteiger partial charge >= 0.3 is 0 Å². The number of Topliss-reactive ketones (excluding diaryl/α,β-unsaturated/α-hetero) is 1. The molecule has 2 heteroatoms. The lowest BCUT2D eigenvalue weighted by Crippen LogP contribution is -2.34. The molecule has 0 N–H and O–H groups in total. The first-order chi connectivity index (χ1) is 11.7. The van der Waals surface area contributed by atoms with E-state index < -0.39 is 0 Å². The molecule has 0 heterocycles. The lowest BCUT2D eigenvalue weighted by molar-refractivity contribution is -0.119. The van der Waals surface area contributed by atoms with E-state index in [2.05, 4.69) is 18.2 Å². The number of carbonyl (C=O) groups excluding carboxylic acids is 2. The first-order valence-electron chi connectivity index (χ1n) is 9.58. The molecule has 0 aromatic heterocycles. The molecular weight excluding hydrogens is 296 g/mol. The van der Waals surface area contributed by atoms with E-state index in [4.69, 9.17) is 0 Å². The Morgan fingerprint density at radius 3 is 2.29 bits per heavy atom. The normalized spacial score (nSPS) is 37.8. The molecule has 0 spiro atoms. The fourth-order valence-corrected chi connectivity index (χ4v) is 5.93. The lowest BCUT2D eigenvalue weighted by Gasteiger charge is -2.45. The zero-order valence-corrected chi connectivity index (χ0v) is 14.1. The van der Waals surface area contributed by atoms with E-state index in [9.17, 15) is 9.59 Å². The van der Waals surface area contributed by atoms with Crippen molar-refractivity contribution < 1.29 is 9.59 Å². The summed E-state index contributed by atoms with van der Waals surface area (Å²) < 4.78 is 0. The largest absolute Gasteiger partial charge is 0.299 e. The van der Waals surface area contributed by atoms with Gasteiger partial charge in [-0.3, -0.25) is 9.59 Å². The highest BCUT2D eigenvalue weighted by molar-refractivity contribution is 5.92. The lowest BCUT2D eigenvalue weighted by atomic mass is 9.59. The maximum absolute atomic E-state index is 12.0. The van der Waals surface area contributed by atoms with Crippen LogP contribution in [-0.4, -0.2) is 11.6 Å². The smallest absolute Gasteiger partial charge is 0.156 e. The SMILES string of the molecule is O=C1C=CC2=C3C=CC4=C5CC(=O)CCC5CCC4C3CCC2C1. The number of hydrogen-bond donors (Lipinski definition) is 0. The molecule has 4 unspecified atom stereocenters. The molecule has 0 amide bonds. The molecule has 0 aromatic carbocycles. The van der Waals surface area contributed by atoms with Crippen LogP contribution in [-0.2, 0) is 9.59 Å². The highest BCUT2D eigenvalue weighted by Gasteiger charge is 2.41. The van der Waals surface area contributed by atoms with E-state index in [1.54, 1.807) is 6.08 Å². The number of ketones is 2. The molecule has 0 aromatic rings. The maximum Gasteiger partial charge on any atom is 0.156 e. The summed E-state index contributed by atoms with van der Waals surface area (Å²) in [6.07, 6.45) is 16.7. The monoisotopic (exact) mass is 320 g/mol. The third-order valence-electron chi connectivity index (χ3n) is 7.07. The van der Waals surface area contributed by atoms with Gasteiger partial charge in [0.2, 0.25) is 0 Å². The summed E-state index contributed by atoms with van der Waals surface area (Å²) in [6.45, 7) is 0. The number of rotatable bonds is 0. The van der Waals surface area contributed by atoms with Gasteiger partial charge in [-0.25, -0.2) is 0 Å². The summed E-state index contributed by atoms with van der Waals surface area (Å²) in [7, 11) is 0. The van der Waals surface area contributed by atoms with Gasteiger partial charge in [-0.05, 0) is 78.6 Å². The second-order valence-corrected chi connectivity index (χ2v) is 8.24. The van der Waals surface area contributed by atoms with E-state index in [0.29, 0.717) is 42.3 Å². The highest BCUT2D eigenvalue weighted by atomic mass is 16.1. The van der Waals surface area contributed by atoms with Crippen molar-refractivity contribution in [3.05, 3.63) is 46.6 Å². The summed E-state index contributed by atoms with van der Waals surface area (Å²) in [6, 6.07) is 0. The van der Waals surface area contributed by atoms with Crippen LogP contribution in [0.1, 0.15) is 51.4 Å². The Bertz CT molecular complexity index is 746. The molecule has 5 aliphatic carbocycles. The quantitative estimate of drug-likeness (QED) is 0.659. The van der Waals surface area contributed by atoms with Gasteiger partial charge in [0.25, 0.3) is 0 Å². The zero-order valence-electron chi connectivity index (χ0n) is 14.1. The molecule has 0 bridgehead atoms. The van der Waals surface area contributed by atoms with Gasteiger partial charge in [-0.1, -0.05) is 23.8 Å². The van der Waals surface area contributed by atoms with E-state index in [-0.39, 0.29) is 5.78 Å². The molecule has 5 rings (SSSR count). The molecule has 0 aliphatic heterocycles. The minimum atomic E-state index is 0.284. The van der Waals surface area contributed by atoms with Crippen LogP contribution in [0.2, 0.25) is 0 Å². The molecule has 24 heavy (non-hydrogen) atoms. The van der Waals surface area contributed by atoms with Crippen molar-refractivity contribution in [1.82, 2.24) is 0 Å². The van der Waals surface area contributed by atoms with Gasteiger partial charge in [0, 0.05) is 19.3 Å². The van der Waals surface area contributed by atoms with Crippen LogP contribution in [0.15, 0.2) is 46.6 Å². The van der Waals surface area contributed by atoms with Crippen molar-refractivity contribution in [1.29, 1.82) is 0 Å². The average molecular weight is 320 g/mol. The molecule has 2 nitrogen and oxygen atoms in total. The van der Waals surface area contributed by atoms with Crippen LogP contribution in [0.5, 0.6) is 0 Å². The van der Waals surface area contributed by atoms with Crippen LogP contribution in [0.25, 0.3) is 0 Å². The van der Waals surface area contributed by atoms with E-state index in [0.717, 1.165) is 19.3 Å². The minimum absolute atomic E-state index is 0.284. The molecular formula is C22H24O2. The molecule has 1 fully saturated rings. The van der Waals surface area contributed by atoms with Crippen LogP contribution in [0.3, 0.4) is 0 Å². The van der Waals surface area contributed by atoms with Gasteiger partial charge < -0.3 is 0 Å². The first-order valence-corrected chi connectivity index (χ1v) is 9.58. The zero-order chi connectivity index (χ0) is 16.3. The summed E-state index contributed by atoms with van der Waals surface area (Å²) in [5.74, 6) is 3.05. The van der Waals surface area contributed by atoms with Crippen LogP contribution in [0.4, 0.5) is 0 Å². The molecule has 5 aliphatic rings. The van der Waals surface area contributed by atoms with Crippen LogP contribution >= 0.6 is 0 Å². The summed E-state index contributed by atoms with van der Waals surface area (Å²) in [5, 5.41) is 0. The van der Waals surface area contributed by atoms with Gasteiger partial charge in [0.1, 0.15) is 5.78 Å². The van der Waals surface area contributed by atoms with E-state index >= 15 is 0 Å². The van der Waals surface area contributed by atoms with Crippen molar-refractivity contribution in [3.8, 4) is 0 Å². The van der Waals surface area contributed by atoms with Crippen molar-refractivity contribution in [2.45, 2.75) is 51.4 Å². The number of fused-ring (bicyclic) bond motifs is 5. The average Bonchev–Trinajstić information content (AvgIpc) is 2.60. The molecule has 0 saturated heterocycles. The Labute approximate surface area is 143 Å². The summed E-state index contributed by atoms with van der Waals surface area (Å²) in [5.41, 5.74) is 5.89. The molecule has 1 saturated carbocycles. The van der Waals surface area contributed by atoms with Crippen molar-refractivity contribution in [2.75, 3.05) is 0 Å². The number of allylic oxidation sites excluding steroid dienone is 8. The fourth-order valence-electron chi connectivity index (χ4n) is 5.93. The second-order valence-electron chi connectivity index (χ2n) is 8.24. The Morgan fingerprint density at radius 2 is 1.42 bits per heavy atom. The van der Waals surface area contributed by atoms with Crippen molar-refractivity contribution in [2.24, 2.45) is 23.7 Å². The van der Waals surface area contributed by atoms with Crippen molar-refractivity contribution in [3.63, 3.8) is 0 Å². The van der Waals surface area contributed by atoms with Gasteiger partial charge in [-0.15, -0.1) is 0 Å². The Balaban J connectivity index is 1.60. The van der Waals surface area contributed by atoms with Gasteiger partial charge in [0.15, 0.2) is 5.78 Å². The van der Waals surface area contributed by atoms with Crippen LogP contribution < -0.4 is 0 Å². The number of carbonyl (C=O) groups is 2. The van der Waals surface area contributed by atoms with E-state index in [1.165, 1.54) is 41.6 Å². The summed E-state index contributed by atoms with van der Waals surface area (Å²) in [4.78, 5) is 23.7. The van der Waals surface area contributed by atoms with Gasteiger partial charge in [-0.2, -0.15) is 0 Å². The fraction of sp³-hybridized carbons (Fsp3) is 0.545. The molecule has 4 atom stereocenters. The standard InChI is InChI=1S/C22H24O2/c23-15-5-8-17-14(11-15)3-7-19-18(17)9-10-21-20(19)6-2-13-1-4-16(24)12-22(13)21/h5,8-10,13-14,19-20H,1-4,6-7,11-12H2. The van der Waals surface area contributed by atoms with Crippen molar-refractivity contribution >= 4 is 11.6 Å². The van der Waals surface area contributed by atoms with E-state index in [1.807, 2.05) is 0 Å². The minimum Gasteiger partial charge on any atom is -0.299 e. The third kappa shape index (κ3) is 2.15. The highest BCUT2D eigenvalue weighted by Crippen LogP contribution is 2.52. The second kappa shape index (κ2) is 5.40. The molecule has 124 valence electrons. The predicted molar refractivity (Wildman–Crippen MR) is 93.2 cm³/mol. The Kier molecular flexibility index (Phi) is 3.29.